The van der Waals surface area contributed by atoms with E-state index in [0.29, 0.717) is 16.9 Å². The molecule has 0 fully saturated rings. The van der Waals surface area contributed by atoms with E-state index in [0.717, 1.165) is 0 Å². The summed E-state index contributed by atoms with van der Waals surface area (Å²) in [5.41, 5.74) is 1.24. The van der Waals surface area contributed by atoms with Gasteiger partial charge in [-0.2, -0.15) is 0 Å². The highest BCUT2D eigenvalue weighted by Gasteiger charge is 2.06. The first-order valence-electron chi connectivity index (χ1n) is 4.37. The van der Waals surface area contributed by atoms with Gasteiger partial charge in [-0.3, -0.25) is 4.79 Å². The summed E-state index contributed by atoms with van der Waals surface area (Å²) in [5, 5.41) is 0. The molecule has 0 aliphatic carbocycles. The van der Waals surface area contributed by atoms with Crippen molar-refractivity contribution >= 4 is 5.78 Å². The molecule has 0 unspecified atom stereocenters. The van der Waals surface area contributed by atoms with Crippen LogP contribution in [-0.2, 0) is 0 Å². The monoisotopic (exact) mass is 165 g/mol. The summed E-state index contributed by atoms with van der Waals surface area (Å²) >= 11 is 0. The molecule has 0 aromatic heterocycles. The SMILES string of the molecule is [2H]Cc1c(OC)cccc1C(C)=O. The molecule has 0 amide bonds. The summed E-state index contributed by atoms with van der Waals surface area (Å²) in [6.45, 7) is 1.56. The van der Waals surface area contributed by atoms with Crippen molar-refractivity contribution in [3.05, 3.63) is 29.3 Å². The molecule has 12 heavy (non-hydrogen) atoms. The van der Waals surface area contributed by atoms with E-state index >= 15 is 0 Å². The summed E-state index contributed by atoms with van der Waals surface area (Å²) in [5.74, 6) is 0.587. The van der Waals surface area contributed by atoms with Crippen molar-refractivity contribution in [2.45, 2.75) is 13.8 Å². The number of methoxy groups -OCH3 is 1. The van der Waals surface area contributed by atoms with Crippen molar-refractivity contribution in [1.29, 1.82) is 0 Å². The lowest BCUT2D eigenvalue weighted by Crippen LogP contribution is -1.97. The Labute approximate surface area is 73.6 Å². The third kappa shape index (κ3) is 1.47. The number of rotatable bonds is 2. The number of ether oxygens (including phenoxy) is 1. The highest BCUT2D eigenvalue weighted by Crippen LogP contribution is 2.20. The Morgan fingerprint density at radius 1 is 1.58 bits per heavy atom. The Kier molecular flexibility index (Phi) is 2.08. The van der Waals surface area contributed by atoms with E-state index in [2.05, 4.69) is 0 Å². The third-order valence-corrected chi connectivity index (χ3v) is 1.73. The predicted octanol–water partition coefficient (Wildman–Crippen LogP) is 2.21. The summed E-state index contributed by atoms with van der Waals surface area (Å²) in [4.78, 5) is 11.2. The average Bonchev–Trinajstić information content (AvgIpc) is 2.16. The second-order valence-corrected chi connectivity index (χ2v) is 2.54. The number of carbonyl (C=O) groups is 1. The van der Waals surface area contributed by atoms with Crippen LogP contribution in [0.2, 0.25) is 0 Å². The molecule has 2 nitrogen and oxygen atoms in total. The minimum Gasteiger partial charge on any atom is -0.496 e. The summed E-state index contributed by atoms with van der Waals surface area (Å²) in [6.07, 6.45) is 0. The maximum atomic E-state index is 11.2. The molecule has 0 heterocycles. The van der Waals surface area contributed by atoms with Crippen LogP contribution in [-0.4, -0.2) is 12.9 Å². The van der Waals surface area contributed by atoms with Gasteiger partial charge >= 0.3 is 0 Å². The third-order valence-electron chi connectivity index (χ3n) is 1.73. The van der Waals surface area contributed by atoms with Gasteiger partial charge in [0, 0.05) is 12.5 Å². The quantitative estimate of drug-likeness (QED) is 0.628. The van der Waals surface area contributed by atoms with E-state index in [4.69, 9.17) is 6.11 Å². The zero-order chi connectivity index (χ0) is 9.84. The van der Waals surface area contributed by atoms with Gasteiger partial charge in [0.1, 0.15) is 5.75 Å². The molecule has 0 N–H and O–H groups in total. The molecular weight excluding hydrogens is 152 g/mol. The first-order chi connectivity index (χ1) is 6.20. The standard InChI is InChI=1S/C10H12O2/c1-7-9(8(2)11)5-4-6-10(7)12-3/h4-6H,1-3H3/i1D. The number of carbonyl (C=O) groups excluding carboxylic acids is 1. The largest absolute Gasteiger partial charge is 0.496 e. The number of ketones is 1. The number of hydrogen-bond donors (Lipinski definition) is 0. The predicted molar refractivity (Wildman–Crippen MR) is 47.7 cm³/mol. The summed E-state index contributed by atoms with van der Waals surface area (Å²) in [6, 6.07) is 5.24. The van der Waals surface area contributed by atoms with Gasteiger partial charge < -0.3 is 4.74 Å². The lowest BCUT2D eigenvalue weighted by Gasteiger charge is -2.06. The number of Topliss-reactive ketones (excluding diaryl/α,β-unsaturated/α-hetero) is 1. The van der Waals surface area contributed by atoms with Gasteiger partial charge in [0.15, 0.2) is 5.78 Å². The molecule has 1 aromatic rings. The molecule has 1 rings (SSSR count). The van der Waals surface area contributed by atoms with Gasteiger partial charge in [-0.05, 0) is 19.9 Å². The van der Waals surface area contributed by atoms with E-state index in [9.17, 15) is 4.79 Å². The Morgan fingerprint density at radius 2 is 2.33 bits per heavy atom. The fraction of sp³-hybridized carbons (Fsp3) is 0.300. The topological polar surface area (TPSA) is 26.3 Å². The molecular formula is C10H12O2. The van der Waals surface area contributed by atoms with E-state index in [1.807, 2.05) is 0 Å². The van der Waals surface area contributed by atoms with Crippen molar-refractivity contribution in [3.63, 3.8) is 0 Å². The molecule has 1 aromatic carbocycles. The van der Waals surface area contributed by atoms with Gasteiger partial charge in [0.25, 0.3) is 0 Å². The smallest absolute Gasteiger partial charge is 0.160 e. The van der Waals surface area contributed by atoms with Crippen molar-refractivity contribution < 1.29 is 10.9 Å². The van der Waals surface area contributed by atoms with E-state index < -0.39 is 0 Å². The van der Waals surface area contributed by atoms with Crippen molar-refractivity contribution in [2.24, 2.45) is 0 Å². The van der Waals surface area contributed by atoms with Gasteiger partial charge in [-0.15, -0.1) is 0 Å². The first-order valence-corrected chi connectivity index (χ1v) is 3.66. The van der Waals surface area contributed by atoms with Crippen LogP contribution in [0.25, 0.3) is 0 Å². The van der Waals surface area contributed by atoms with Crippen molar-refractivity contribution in [1.82, 2.24) is 0 Å². The maximum Gasteiger partial charge on any atom is 0.160 e. The van der Waals surface area contributed by atoms with Crippen LogP contribution < -0.4 is 4.74 Å². The molecule has 0 bridgehead atoms. The highest BCUT2D eigenvalue weighted by molar-refractivity contribution is 5.96. The molecule has 0 aliphatic rings. The zero-order valence-electron chi connectivity index (χ0n) is 8.26. The molecule has 0 atom stereocenters. The first kappa shape index (κ1) is 7.35. The Hall–Kier alpha value is -1.31. The molecule has 0 radical (unpaired) electrons. The average molecular weight is 165 g/mol. The lowest BCUT2D eigenvalue weighted by molar-refractivity contribution is 0.101. The second kappa shape index (κ2) is 3.39. The van der Waals surface area contributed by atoms with E-state index in [1.54, 1.807) is 25.3 Å². The van der Waals surface area contributed by atoms with Gasteiger partial charge in [-0.1, -0.05) is 12.1 Å². The normalized spacial score (nSPS) is 10.7. The van der Waals surface area contributed by atoms with Gasteiger partial charge in [-0.25, -0.2) is 0 Å². The van der Waals surface area contributed by atoms with Gasteiger partial charge in [0.2, 0.25) is 0 Å². The van der Waals surface area contributed by atoms with Crippen molar-refractivity contribution in [3.8, 4) is 5.75 Å². The van der Waals surface area contributed by atoms with Crippen molar-refractivity contribution in [2.75, 3.05) is 7.11 Å². The Balaban J connectivity index is 3.27. The minimum absolute atomic E-state index is 0.0267. The summed E-state index contributed by atoms with van der Waals surface area (Å²) < 4.78 is 12.3. The lowest BCUT2D eigenvalue weighted by atomic mass is 10.1. The van der Waals surface area contributed by atoms with Crippen LogP contribution in [0.15, 0.2) is 18.2 Å². The van der Waals surface area contributed by atoms with E-state index in [-0.39, 0.29) is 12.7 Å². The van der Waals surface area contributed by atoms with Gasteiger partial charge in [0.05, 0.1) is 7.11 Å². The second-order valence-electron chi connectivity index (χ2n) is 2.54. The molecule has 0 saturated carbocycles. The molecule has 0 aliphatic heterocycles. The Morgan fingerprint density at radius 3 is 2.83 bits per heavy atom. The zero-order valence-corrected chi connectivity index (χ0v) is 7.26. The van der Waals surface area contributed by atoms with Crippen LogP contribution in [0, 0.1) is 6.90 Å². The van der Waals surface area contributed by atoms with Crippen LogP contribution in [0.4, 0.5) is 0 Å². The number of benzene rings is 1. The highest BCUT2D eigenvalue weighted by atomic mass is 16.5. The molecule has 64 valence electrons. The fourth-order valence-electron chi connectivity index (χ4n) is 1.09. The van der Waals surface area contributed by atoms with E-state index in [1.165, 1.54) is 6.92 Å². The van der Waals surface area contributed by atoms with Crippen LogP contribution in [0.3, 0.4) is 0 Å². The van der Waals surface area contributed by atoms with Crippen LogP contribution in [0.1, 0.15) is 24.2 Å². The molecule has 2 heteroatoms. The van der Waals surface area contributed by atoms with Crippen LogP contribution in [0.5, 0.6) is 5.75 Å². The maximum absolute atomic E-state index is 11.2. The fourth-order valence-corrected chi connectivity index (χ4v) is 1.09. The molecule has 0 spiro atoms. The number of hydrogen-bond acceptors (Lipinski definition) is 2. The molecule has 0 saturated heterocycles. The van der Waals surface area contributed by atoms with Crippen LogP contribution >= 0.6 is 0 Å². The summed E-state index contributed by atoms with van der Waals surface area (Å²) in [7, 11) is 1.54. The Bertz CT molecular complexity index is 321. The minimum atomic E-state index is -0.0267.